The molecule has 0 aliphatic rings. The number of aliphatic imine (C=N–C) groups is 1. The number of hydrogen-bond donors (Lipinski definition) is 0. The van der Waals surface area contributed by atoms with Crippen LogP contribution in [0, 0.1) is 0 Å². The van der Waals surface area contributed by atoms with Crippen LogP contribution in [0.3, 0.4) is 0 Å². The molecule has 28 heavy (non-hydrogen) atoms. The van der Waals surface area contributed by atoms with Crippen LogP contribution in [0.1, 0.15) is 5.56 Å². The Labute approximate surface area is 182 Å². The summed E-state index contributed by atoms with van der Waals surface area (Å²) in [6.45, 7) is 0. The van der Waals surface area contributed by atoms with E-state index >= 15 is 0 Å². The smallest absolute Gasteiger partial charge is 0.210 e. The van der Waals surface area contributed by atoms with E-state index in [9.17, 15) is 0 Å². The first kappa shape index (κ1) is 19.2. The molecule has 1 aromatic heterocycles. The summed E-state index contributed by atoms with van der Waals surface area (Å²) in [6.07, 6.45) is 1.66. The van der Waals surface area contributed by atoms with Crippen molar-refractivity contribution in [2.24, 2.45) is 4.99 Å². The van der Waals surface area contributed by atoms with Gasteiger partial charge < -0.3 is 0 Å². The van der Waals surface area contributed by atoms with Gasteiger partial charge in [-0.05, 0) is 29.8 Å². The monoisotopic (exact) mass is 442 g/mol. The molecule has 0 unspecified atom stereocenters. The van der Waals surface area contributed by atoms with Gasteiger partial charge in [-0.15, -0.1) is 0 Å². The minimum absolute atomic E-state index is 0.550. The number of thiazole rings is 1. The molecule has 0 aliphatic heterocycles. The highest BCUT2D eigenvalue weighted by Crippen LogP contribution is 2.40. The third kappa shape index (κ3) is 4.13. The van der Waals surface area contributed by atoms with Crippen LogP contribution in [0.15, 0.2) is 77.8 Å². The quantitative estimate of drug-likeness (QED) is 0.292. The van der Waals surface area contributed by atoms with Gasteiger partial charge in [-0.1, -0.05) is 94.7 Å². The summed E-state index contributed by atoms with van der Waals surface area (Å²) in [5, 5.41) is 2.41. The third-order valence-electron chi connectivity index (χ3n) is 4.07. The maximum absolute atomic E-state index is 6.23. The van der Waals surface area contributed by atoms with Crippen LogP contribution in [0.25, 0.3) is 21.7 Å². The Morgan fingerprint density at radius 2 is 1.43 bits per heavy atom. The van der Waals surface area contributed by atoms with Crippen LogP contribution >= 0.6 is 46.1 Å². The number of hydrogen-bond acceptors (Lipinski definition) is 3. The van der Waals surface area contributed by atoms with Gasteiger partial charge in [-0.25, -0.2) is 9.98 Å². The number of benzene rings is 3. The summed E-state index contributed by atoms with van der Waals surface area (Å²) in [5.41, 5.74) is 3.61. The van der Waals surface area contributed by atoms with Crippen LogP contribution in [0.4, 0.5) is 5.13 Å². The zero-order chi connectivity index (χ0) is 19.5. The van der Waals surface area contributed by atoms with Gasteiger partial charge in [0, 0.05) is 22.4 Å². The van der Waals surface area contributed by atoms with Gasteiger partial charge in [0.1, 0.15) is 0 Å². The molecule has 3 aromatic carbocycles. The van der Waals surface area contributed by atoms with Gasteiger partial charge in [0.25, 0.3) is 0 Å². The Hall–Kier alpha value is -2.17. The minimum Gasteiger partial charge on any atom is -0.227 e. The number of nitrogens with zero attached hydrogens (tertiary/aromatic N) is 2. The lowest BCUT2D eigenvalue weighted by Gasteiger charge is -2.02. The highest BCUT2D eigenvalue weighted by atomic mass is 35.5. The molecule has 0 atom stereocenters. The Morgan fingerprint density at radius 1 is 0.750 bits per heavy atom. The highest BCUT2D eigenvalue weighted by Gasteiger charge is 2.15. The van der Waals surface area contributed by atoms with E-state index in [0.29, 0.717) is 25.8 Å². The summed E-state index contributed by atoms with van der Waals surface area (Å²) in [5.74, 6) is 0. The first-order valence-corrected chi connectivity index (χ1v) is 10.4. The van der Waals surface area contributed by atoms with Crippen molar-refractivity contribution in [2.45, 2.75) is 0 Å². The second-order valence-corrected chi connectivity index (χ2v) is 8.17. The van der Waals surface area contributed by atoms with Crippen LogP contribution < -0.4 is 0 Å². The van der Waals surface area contributed by atoms with Gasteiger partial charge >= 0.3 is 0 Å². The molecule has 0 saturated carbocycles. The zero-order valence-electron chi connectivity index (χ0n) is 14.4. The molecule has 2 nitrogen and oxygen atoms in total. The molecular formula is C22H13Cl3N2S. The summed E-state index contributed by atoms with van der Waals surface area (Å²) in [7, 11) is 0. The van der Waals surface area contributed by atoms with Gasteiger partial charge in [0.15, 0.2) is 0 Å². The first-order chi connectivity index (χ1) is 13.6. The lowest BCUT2D eigenvalue weighted by Crippen LogP contribution is -1.84. The van der Waals surface area contributed by atoms with Gasteiger partial charge in [0.05, 0.1) is 20.6 Å². The molecule has 4 rings (SSSR count). The van der Waals surface area contributed by atoms with E-state index in [0.717, 1.165) is 21.7 Å². The topological polar surface area (TPSA) is 25.2 Å². The lowest BCUT2D eigenvalue weighted by molar-refractivity contribution is 1.36. The fourth-order valence-electron chi connectivity index (χ4n) is 2.71. The average Bonchev–Trinajstić information content (AvgIpc) is 3.13. The van der Waals surface area contributed by atoms with E-state index in [2.05, 4.69) is 17.1 Å². The van der Waals surface area contributed by atoms with Crippen molar-refractivity contribution in [3.8, 4) is 21.7 Å². The fourth-order valence-corrected chi connectivity index (χ4v) is 4.27. The summed E-state index contributed by atoms with van der Waals surface area (Å²) >= 11 is 20.0. The van der Waals surface area contributed by atoms with Crippen molar-refractivity contribution in [3.63, 3.8) is 0 Å². The van der Waals surface area contributed by atoms with Gasteiger partial charge in [-0.2, -0.15) is 0 Å². The molecule has 0 N–H and O–H groups in total. The summed E-state index contributed by atoms with van der Waals surface area (Å²) < 4.78 is 0. The Kier molecular flexibility index (Phi) is 5.79. The normalized spacial score (nSPS) is 11.2. The van der Waals surface area contributed by atoms with Crippen molar-refractivity contribution in [1.29, 1.82) is 0 Å². The summed E-state index contributed by atoms with van der Waals surface area (Å²) in [6, 6.07) is 23.1. The van der Waals surface area contributed by atoms with Crippen LogP contribution in [-0.4, -0.2) is 11.2 Å². The maximum Gasteiger partial charge on any atom is 0.210 e. The first-order valence-electron chi connectivity index (χ1n) is 8.42. The molecule has 0 bridgehead atoms. The molecule has 138 valence electrons. The molecule has 6 heteroatoms. The Morgan fingerprint density at radius 3 is 2.11 bits per heavy atom. The molecule has 0 saturated heterocycles. The van der Waals surface area contributed by atoms with Gasteiger partial charge in [0.2, 0.25) is 5.13 Å². The van der Waals surface area contributed by atoms with Crippen LogP contribution in [0.5, 0.6) is 0 Å². The molecule has 0 radical (unpaired) electrons. The summed E-state index contributed by atoms with van der Waals surface area (Å²) in [4.78, 5) is 10.3. The van der Waals surface area contributed by atoms with E-state index in [1.807, 2.05) is 42.5 Å². The number of aromatic nitrogens is 1. The molecule has 0 aliphatic carbocycles. The second-order valence-electron chi connectivity index (χ2n) is 5.94. The Bertz CT molecular complexity index is 1120. The van der Waals surface area contributed by atoms with Crippen molar-refractivity contribution in [3.05, 3.63) is 93.4 Å². The van der Waals surface area contributed by atoms with Crippen molar-refractivity contribution >= 4 is 57.5 Å². The van der Waals surface area contributed by atoms with E-state index in [1.54, 1.807) is 24.4 Å². The van der Waals surface area contributed by atoms with E-state index in [1.165, 1.54) is 11.3 Å². The second kappa shape index (κ2) is 8.46. The van der Waals surface area contributed by atoms with E-state index in [4.69, 9.17) is 39.8 Å². The van der Waals surface area contributed by atoms with Crippen molar-refractivity contribution in [2.75, 3.05) is 0 Å². The van der Waals surface area contributed by atoms with E-state index in [-0.39, 0.29) is 0 Å². The Balaban J connectivity index is 1.79. The largest absolute Gasteiger partial charge is 0.227 e. The molecule has 4 aromatic rings. The molecule has 0 fully saturated rings. The minimum atomic E-state index is 0.550. The third-order valence-corrected chi connectivity index (χ3v) is 6.00. The number of rotatable bonds is 4. The standard InChI is InChI=1S/C22H13Cl3N2S/c23-16-11-9-14(10-12-16)20-21(15-5-2-1-3-6-15)28-22(27-20)26-13-17-18(24)7-4-8-19(17)25/h1-13H. The van der Waals surface area contributed by atoms with Crippen LogP contribution in [0.2, 0.25) is 15.1 Å². The highest BCUT2D eigenvalue weighted by molar-refractivity contribution is 7.19. The van der Waals surface area contributed by atoms with Crippen LogP contribution in [-0.2, 0) is 0 Å². The fraction of sp³-hybridized carbons (Fsp3) is 0. The molecule has 1 heterocycles. The lowest BCUT2D eigenvalue weighted by atomic mass is 10.1. The molecule has 0 spiro atoms. The SMILES string of the molecule is Clc1ccc(-c2nc(N=Cc3c(Cl)cccc3Cl)sc2-c2ccccc2)cc1. The zero-order valence-corrected chi connectivity index (χ0v) is 17.5. The molecule has 0 amide bonds. The average molecular weight is 444 g/mol. The maximum atomic E-state index is 6.23. The van der Waals surface area contributed by atoms with E-state index < -0.39 is 0 Å². The van der Waals surface area contributed by atoms with Crippen molar-refractivity contribution < 1.29 is 0 Å². The predicted molar refractivity (Wildman–Crippen MR) is 122 cm³/mol. The predicted octanol–water partition coefficient (Wildman–Crippen LogP) is 8.19. The molecular weight excluding hydrogens is 431 g/mol. The number of halogens is 3. The van der Waals surface area contributed by atoms with Crippen molar-refractivity contribution in [1.82, 2.24) is 4.98 Å². The van der Waals surface area contributed by atoms with Gasteiger partial charge in [-0.3, -0.25) is 0 Å².